The number of rotatable bonds is 8. The highest BCUT2D eigenvalue weighted by Crippen LogP contribution is 2.38. The molecule has 0 fully saturated rings. The van der Waals surface area contributed by atoms with Gasteiger partial charge in [-0.2, -0.15) is 4.99 Å². The molecule has 208 valence electrons. The molecule has 0 unspecified atom stereocenters. The maximum atomic E-state index is 13.5. The molecular weight excluding hydrogens is 549 g/mol. The largest absolute Gasteiger partial charge is 0.493 e. The highest BCUT2D eigenvalue weighted by molar-refractivity contribution is 8.17. The molecule has 1 amide bonds. The van der Waals surface area contributed by atoms with Crippen LogP contribution in [0.15, 0.2) is 76.6 Å². The molecule has 0 saturated carbocycles. The summed E-state index contributed by atoms with van der Waals surface area (Å²) in [5, 5.41) is 10.9. The van der Waals surface area contributed by atoms with E-state index in [1.807, 2.05) is 0 Å². The minimum Gasteiger partial charge on any atom is -0.493 e. The van der Waals surface area contributed by atoms with E-state index in [0.29, 0.717) is 40.1 Å². The van der Waals surface area contributed by atoms with Crippen molar-refractivity contribution in [1.82, 2.24) is 4.90 Å². The number of nitrogens with zero attached hydrogens (tertiary/aromatic N) is 2. The summed E-state index contributed by atoms with van der Waals surface area (Å²) in [6.45, 7) is 2.08. The summed E-state index contributed by atoms with van der Waals surface area (Å²) in [6.07, 6.45) is 1.53. The Balaban J connectivity index is 1.42. The molecule has 2 heterocycles. The summed E-state index contributed by atoms with van der Waals surface area (Å²) in [7, 11) is 2.97. The summed E-state index contributed by atoms with van der Waals surface area (Å²) >= 11 is 1.22. The number of amidine groups is 2. The highest BCUT2D eigenvalue weighted by atomic mass is 32.2. The first kappa shape index (κ1) is 27.7. The van der Waals surface area contributed by atoms with Crippen molar-refractivity contribution in [3.63, 3.8) is 0 Å². The number of benzene rings is 3. The number of thioether (sulfide) groups is 1. The molecule has 3 aromatic rings. The van der Waals surface area contributed by atoms with Gasteiger partial charge in [0.25, 0.3) is 5.91 Å². The average molecular weight is 574 g/mol. The van der Waals surface area contributed by atoms with Crippen molar-refractivity contribution in [3.05, 3.63) is 94.2 Å². The number of hydrogen-bond donors (Lipinski definition) is 1. The first-order valence-corrected chi connectivity index (χ1v) is 13.3. The third-order valence-corrected chi connectivity index (χ3v) is 6.98. The van der Waals surface area contributed by atoms with Gasteiger partial charge in [0.15, 0.2) is 28.2 Å². The highest BCUT2D eigenvalue weighted by Gasteiger charge is 2.36. The van der Waals surface area contributed by atoms with E-state index in [-0.39, 0.29) is 34.3 Å². The average Bonchev–Trinajstić information content (AvgIpc) is 3.40. The lowest BCUT2D eigenvalue weighted by molar-refractivity contribution is -0.114. The van der Waals surface area contributed by atoms with Crippen molar-refractivity contribution in [2.45, 2.75) is 6.92 Å². The zero-order chi connectivity index (χ0) is 29.1. The molecule has 0 aromatic heterocycles. The van der Waals surface area contributed by atoms with Crippen LogP contribution in [0.2, 0.25) is 0 Å². The Bertz CT molecular complexity index is 1650. The molecular formula is C30H24FN3O6S. The number of esters is 1. The van der Waals surface area contributed by atoms with Gasteiger partial charge in [-0.15, -0.1) is 0 Å². The van der Waals surface area contributed by atoms with E-state index in [9.17, 15) is 14.0 Å². The second kappa shape index (κ2) is 11.7. The molecule has 0 spiro atoms. The quantitative estimate of drug-likeness (QED) is 0.206. The Morgan fingerprint density at radius 1 is 1.00 bits per heavy atom. The summed E-state index contributed by atoms with van der Waals surface area (Å²) < 4.78 is 35.3. The van der Waals surface area contributed by atoms with Crippen molar-refractivity contribution < 1.29 is 32.9 Å². The molecule has 9 nitrogen and oxygen atoms in total. The van der Waals surface area contributed by atoms with Crippen LogP contribution in [-0.2, 0) is 4.79 Å². The Labute approximate surface area is 239 Å². The van der Waals surface area contributed by atoms with Crippen LogP contribution in [-0.4, -0.2) is 48.6 Å². The molecule has 1 N–H and O–H groups in total. The minimum atomic E-state index is -0.629. The molecule has 2 aliphatic heterocycles. The monoisotopic (exact) mass is 573 g/mol. The number of carbonyl (C=O) groups is 2. The van der Waals surface area contributed by atoms with Crippen LogP contribution in [0.4, 0.5) is 4.39 Å². The lowest BCUT2D eigenvalue weighted by atomic mass is 10.1. The number of hydrogen-bond acceptors (Lipinski definition) is 8. The second-order valence-corrected chi connectivity index (χ2v) is 9.50. The van der Waals surface area contributed by atoms with Gasteiger partial charge in [-0.05, 0) is 78.7 Å². The molecule has 5 rings (SSSR count). The van der Waals surface area contributed by atoms with Gasteiger partial charge in [-0.3, -0.25) is 15.1 Å². The standard InChI is InChI=1S/C30H24FN3O6S/c1-4-39-26-14-17(5-11-24(26)40-29(36)19-8-12-23(37-2)25(15-19)38-3)13-21-27(32)34-22(16-41-30(34)33-28(21)35)18-6-9-20(31)10-7-18/h5-16,32H,4H2,1-3H3/b21-13-,32-27?. The van der Waals surface area contributed by atoms with E-state index < -0.39 is 11.9 Å². The summed E-state index contributed by atoms with van der Waals surface area (Å²) in [6, 6.07) is 15.4. The third-order valence-electron chi connectivity index (χ3n) is 6.15. The van der Waals surface area contributed by atoms with Crippen LogP contribution in [0.25, 0.3) is 11.8 Å². The van der Waals surface area contributed by atoms with E-state index in [1.54, 1.807) is 59.7 Å². The van der Waals surface area contributed by atoms with E-state index in [0.717, 1.165) is 0 Å². The van der Waals surface area contributed by atoms with Gasteiger partial charge in [0.1, 0.15) is 11.7 Å². The van der Waals surface area contributed by atoms with Crippen LogP contribution >= 0.6 is 11.8 Å². The summed E-state index contributed by atoms with van der Waals surface area (Å²) in [5.74, 6) is -0.323. The number of methoxy groups -OCH3 is 2. The molecule has 3 aromatic carbocycles. The number of fused-ring (bicyclic) bond motifs is 1. The van der Waals surface area contributed by atoms with Crippen LogP contribution in [0.5, 0.6) is 23.0 Å². The van der Waals surface area contributed by atoms with Gasteiger partial charge in [0, 0.05) is 5.41 Å². The minimum absolute atomic E-state index is 0.0572. The number of halogens is 1. The topological polar surface area (TPSA) is 111 Å². The maximum absolute atomic E-state index is 13.5. The zero-order valence-electron chi connectivity index (χ0n) is 22.3. The summed E-state index contributed by atoms with van der Waals surface area (Å²) in [5.41, 5.74) is 2.14. The predicted molar refractivity (Wildman–Crippen MR) is 154 cm³/mol. The van der Waals surface area contributed by atoms with E-state index in [4.69, 9.17) is 24.4 Å². The molecule has 0 atom stereocenters. The molecule has 0 saturated heterocycles. The van der Waals surface area contributed by atoms with Crippen LogP contribution in [0.1, 0.15) is 28.4 Å². The SMILES string of the molecule is CCOc1cc(/C=C2/C(=N)N3C(c4ccc(F)cc4)=CSC3=NC2=O)ccc1OC(=O)c1ccc(OC)c(OC)c1. The van der Waals surface area contributed by atoms with Gasteiger partial charge >= 0.3 is 5.97 Å². The van der Waals surface area contributed by atoms with Gasteiger partial charge in [0.2, 0.25) is 0 Å². The van der Waals surface area contributed by atoms with Crippen molar-refractivity contribution in [3.8, 4) is 23.0 Å². The Morgan fingerprint density at radius 2 is 1.73 bits per heavy atom. The Kier molecular flexibility index (Phi) is 7.88. The predicted octanol–water partition coefficient (Wildman–Crippen LogP) is 5.77. The van der Waals surface area contributed by atoms with Crippen molar-refractivity contribution in [2.24, 2.45) is 4.99 Å². The van der Waals surface area contributed by atoms with E-state index in [2.05, 4.69) is 4.99 Å². The van der Waals surface area contributed by atoms with Crippen LogP contribution in [0, 0.1) is 11.2 Å². The first-order chi connectivity index (χ1) is 19.8. The fourth-order valence-electron chi connectivity index (χ4n) is 4.18. The van der Waals surface area contributed by atoms with Gasteiger partial charge in [-0.1, -0.05) is 17.8 Å². The van der Waals surface area contributed by atoms with Crippen LogP contribution in [0.3, 0.4) is 0 Å². The maximum Gasteiger partial charge on any atom is 0.343 e. The van der Waals surface area contributed by atoms with Crippen molar-refractivity contribution in [1.29, 1.82) is 5.41 Å². The third kappa shape index (κ3) is 5.57. The summed E-state index contributed by atoms with van der Waals surface area (Å²) in [4.78, 5) is 31.5. The van der Waals surface area contributed by atoms with Gasteiger partial charge in [0.05, 0.1) is 37.7 Å². The Morgan fingerprint density at radius 3 is 2.44 bits per heavy atom. The molecule has 0 aliphatic carbocycles. The fourth-order valence-corrected chi connectivity index (χ4v) is 5.07. The lowest BCUT2D eigenvalue weighted by Crippen LogP contribution is -2.38. The number of ether oxygens (including phenoxy) is 4. The molecule has 11 heteroatoms. The molecule has 0 radical (unpaired) electrons. The Hall–Kier alpha value is -4.90. The smallest absolute Gasteiger partial charge is 0.343 e. The molecule has 41 heavy (non-hydrogen) atoms. The second-order valence-electron chi connectivity index (χ2n) is 8.67. The van der Waals surface area contributed by atoms with E-state index >= 15 is 0 Å². The zero-order valence-corrected chi connectivity index (χ0v) is 23.1. The number of amides is 1. The van der Waals surface area contributed by atoms with Crippen molar-refractivity contribution in [2.75, 3.05) is 20.8 Å². The first-order valence-electron chi connectivity index (χ1n) is 12.4. The molecule has 2 aliphatic rings. The van der Waals surface area contributed by atoms with Gasteiger partial charge in [-0.25, -0.2) is 9.18 Å². The van der Waals surface area contributed by atoms with Crippen molar-refractivity contribution >= 4 is 46.4 Å². The fraction of sp³-hybridized carbons (Fsp3) is 0.133. The van der Waals surface area contributed by atoms with Crippen LogP contribution < -0.4 is 18.9 Å². The lowest BCUT2D eigenvalue weighted by Gasteiger charge is -2.27. The molecule has 0 bridgehead atoms. The number of aliphatic imine (C=N–C) groups is 1. The number of carbonyl (C=O) groups excluding carboxylic acids is 2. The van der Waals surface area contributed by atoms with E-state index in [1.165, 1.54) is 50.3 Å². The number of nitrogens with one attached hydrogen (secondary N) is 1. The van der Waals surface area contributed by atoms with Gasteiger partial charge < -0.3 is 18.9 Å². The normalized spacial score (nSPS) is 15.3.